The van der Waals surface area contributed by atoms with Crippen LogP contribution in [0.2, 0.25) is 0 Å². The Hall–Kier alpha value is -3.09. The maximum Gasteiger partial charge on any atom is 0.323 e. The Morgan fingerprint density at radius 1 is 1.20 bits per heavy atom. The van der Waals surface area contributed by atoms with Gasteiger partial charge in [-0.25, -0.2) is 4.79 Å². The molecule has 0 saturated heterocycles. The smallest absolute Gasteiger partial charge is 0.323 e. The van der Waals surface area contributed by atoms with E-state index >= 15 is 0 Å². The summed E-state index contributed by atoms with van der Waals surface area (Å²) in [5, 5.41) is 2.83. The first-order valence-corrected chi connectivity index (χ1v) is 8.17. The molecule has 0 atom stereocenters. The average Bonchev–Trinajstić information content (AvgIpc) is 3.11. The lowest BCUT2D eigenvalue weighted by atomic mass is 9.93. The third-order valence-electron chi connectivity index (χ3n) is 4.50. The second-order valence-electron chi connectivity index (χ2n) is 6.25. The Labute approximate surface area is 142 Å². The molecule has 0 saturated carbocycles. The van der Waals surface area contributed by atoms with Crippen molar-refractivity contribution in [1.82, 2.24) is 15.3 Å². The number of furan rings is 1. The molecule has 2 aromatic heterocycles. The van der Waals surface area contributed by atoms with Crippen LogP contribution in [0.4, 0.5) is 0 Å². The minimum atomic E-state index is -0.319. The Morgan fingerprint density at radius 2 is 2.00 bits per heavy atom. The molecule has 1 amide bonds. The molecule has 0 bridgehead atoms. The van der Waals surface area contributed by atoms with Crippen molar-refractivity contribution in [2.24, 2.45) is 0 Å². The molecule has 1 aromatic carbocycles. The number of Topliss-reactive ketones (excluding diaryl/α,β-unsaturated/α-hetero) is 1. The van der Waals surface area contributed by atoms with Gasteiger partial charge in [-0.05, 0) is 31.0 Å². The van der Waals surface area contributed by atoms with Crippen molar-refractivity contribution in [2.45, 2.75) is 32.7 Å². The summed E-state index contributed by atoms with van der Waals surface area (Å²) in [6.07, 6.45) is 1.89. The van der Waals surface area contributed by atoms with Gasteiger partial charge >= 0.3 is 5.69 Å². The number of aromatic nitrogens is 2. The fourth-order valence-electron chi connectivity index (χ4n) is 3.34. The molecule has 25 heavy (non-hydrogen) atoms. The van der Waals surface area contributed by atoms with Gasteiger partial charge < -0.3 is 19.7 Å². The molecule has 7 nitrogen and oxygen atoms in total. The standard InChI is InChI=1S/C18H17N3O4/c1-9-15(16-13(22)3-2-4-14(16)25-9)17(23)19-8-10-5-6-11-12(7-10)21-18(24)20-11/h5-7H,2-4,8H2,1H3,(H,19,23)(H2,20,21,24). The van der Waals surface area contributed by atoms with Gasteiger partial charge in [0, 0.05) is 19.4 Å². The highest BCUT2D eigenvalue weighted by Crippen LogP contribution is 2.29. The Kier molecular flexibility index (Phi) is 3.56. The maximum absolute atomic E-state index is 12.6. The van der Waals surface area contributed by atoms with Crippen LogP contribution < -0.4 is 11.0 Å². The van der Waals surface area contributed by atoms with Crippen LogP contribution in [0.25, 0.3) is 11.0 Å². The molecule has 1 aliphatic rings. The van der Waals surface area contributed by atoms with Gasteiger partial charge in [-0.1, -0.05) is 6.07 Å². The quantitative estimate of drug-likeness (QED) is 0.680. The summed E-state index contributed by atoms with van der Waals surface area (Å²) >= 11 is 0. The predicted octanol–water partition coefficient (Wildman–Crippen LogP) is 2.21. The summed E-state index contributed by atoms with van der Waals surface area (Å²) in [6, 6.07) is 5.41. The minimum Gasteiger partial charge on any atom is -0.465 e. The first kappa shape index (κ1) is 15.4. The first-order chi connectivity index (χ1) is 12.0. The number of carbonyl (C=O) groups is 2. The average molecular weight is 339 g/mol. The highest BCUT2D eigenvalue weighted by atomic mass is 16.3. The van der Waals surface area contributed by atoms with Crippen molar-refractivity contribution in [1.29, 1.82) is 0 Å². The SMILES string of the molecule is Cc1oc2c(c1C(=O)NCc1ccc3[nH]c(=O)[nH]c3c1)C(=O)CCC2. The number of rotatable bonds is 3. The van der Waals surface area contributed by atoms with Crippen LogP contribution in [0.3, 0.4) is 0 Å². The van der Waals surface area contributed by atoms with E-state index in [0.29, 0.717) is 46.5 Å². The largest absolute Gasteiger partial charge is 0.465 e. The predicted molar refractivity (Wildman–Crippen MR) is 90.8 cm³/mol. The van der Waals surface area contributed by atoms with Crippen LogP contribution in [-0.4, -0.2) is 21.7 Å². The number of carbonyl (C=O) groups excluding carboxylic acids is 2. The van der Waals surface area contributed by atoms with Crippen molar-refractivity contribution in [2.75, 3.05) is 0 Å². The molecule has 0 spiro atoms. The van der Waals surface area contributed by atoms with Crippen LogP contribution in [0.5, 0.6) is 0 Å². The van der Waals surface area contributed by atoms with E-state index in [0.717, 1.165) is 12.0 Å². The zero-order valence-corrected chi connectivity index (χ0v) is 13.7. The maximum atomic E-state index is 12.6. The van der Waals surface area contributed by atoms with E-state index < -0.39 is 0 Å². The lowest BCUT2D eigenvalue weighted by Gasteiger charge is -2.10. The lowest BCUT2D eigenvalue weighted by Crippen LogP contribution is -2.25. The van der Waals surface area contributed by atoms with Gasteiger partial charge in [0.2, 0.25) is 0 Å². The normalized spacial score (nSPS) is 13.9. The topological polar surface area (TPSA) is 108 Å². The molecule has 0 aliphatic heterocycles. The van der Waals surface area contributed by atoms with E-state index in [2.05, 4.69) is 15.3 Å². The monoisotopic (exact) mass is 339 g/mol. The number of imidazole rings is 1. The van der Waals surface area contributed by atoms with Crippen molar-refractivity contribution in [3.05, 3.63) is 56.9 Å². The molecule has 3 aromatic rings. The van der Waals surface area contributed by atoms with Crippen LogP contribution >= 0.6 is 0 Å². The third kappa shape index (κ3) is 2.67. The molecule has 0 radical (unpaired) electrons. The second kappa shape index (κ2) is 5.77. The molecule has 3 N–H and O–H groups in total. The molecule has 4 rings (SSSR count). The van der Waals surface area contributed by atoms with E-state index in [1.807, 2.05) is 6.07 Å². The number of hydrogen-bond donors (Lipinski definition) is 3. The zero-order valence-electron chi connectivity index (χ0n) is 13.7. The number of H-pyrrole nitrogens is 2. The molecule has 7 heteroatoms. The van der Waals surface area contributed by atoms with E-state index in [9.17, 15) is 14.4 Å². The minimum absolute atomic E-state index is 0.0328. The summed E-state index contributed by atoms with van der Waals surface area (Å²) in [7, 11) is 0. The van der Waals surface area contributed by atoms with Gasteiger partial charge in [-0.15, -0.1) is 0 Å². The third-order valence-corrected chi connectivity index (χ3v) is 4.50. The van der Waals surface area contributed by atoms with Crippen molar-refractivity contribution in [3.63, 3.8) is 0 Å². The number of aromatic amines is 2. The molecule has 0 unspecified atom stereocenters. The van der Waals surface area contributed by atoms with Crippen molar-refractivity contribution < 1.29 is 14.0 Å². The number of benzene rings is 1. The van der Waals surface area contributed by atoms with E-state index in [1.54, 1.807) is 19.1 Å². The van der Waals surface area contributed by atoms with Gasteiger partial charge in [-0.2, -0.15) is 0 Å². The van der Waals surface area contributed by atoms with Gasteiger partial charge in [0.25, 0.3) is 5.91 Å². The summed E-state index contributed by atoms with van der Waals surface area (Å²) in [5.41, 5.74) is 2.75. The molecular formula is C18H17N3O4. The van der Waals surface area contributed by atoms with E-state index in [4.69, 9.17) is 4.42 Å². The molecule has 128 valence electrons. The number of aryl methyl sites for hydroxylation is 2. The molecule has 0 fully saturated rings. The number of ketones is 1. The molecule has 1 aliphatic carbocycles. The summed E-state index contributed by atoms with van der Waals surface area (Å²) in [6.45, 7) is 1.99. The van der Waals surface area contributed by atoms with E-state index in [1.165, 1.54) is 0 Å². The first-order valence-electron chi connectivity index (χ1n) is 8.17. The summed E-state index contributed by atoms with van der Waals surface area (Å²) < 4.78 is 5.62. The highest BCUT2D eigenvalue weighted by Gasteiger charge is 2.30. The number of hydrogen-bond acceptors (Lipinski definition) is 4. The number of amides is 1. The Morgan fingerprint density at radius 3 is 2.84 bits per heavy atom. The van der Waals surface area contributed by atoms with Crippen molar-refractivity contribution >= 4 is 22.7 Å². The summed E-state index contributed by atoms with van der Waals surface area (Å²) in [4.78, 5) is 41.4. The van der Waals surface area contributed by atoms with Crippen LogP contribution in [0.1, 0.15) is 50.6 Å². The van der Waals surface area contributed by atoms with Crippen molar-refractivity contribution in [3.8, 4) is 0 Å². The zero-order chi connectivity index (χ0) is 17.6. The van der Waals surface area contributed by atoms with Gasteiger partial charge in [0.05, 0.1) is 22.2 Å². The van der Waals surface area contributed by atoms with Gasteiger partial charge in [-0.3, -0.25) is 9.59 Å². The van der Waals surface area contributed by atoms with Gasteiger partial charge in [0.1, 0.15) is 11.5 Å². The Bertz CT molecular complexity index is 1050. The molecular weight excluding hydrogens is 322 g/mol. The highest BCUT2D eigenvalue weighted by molar-refractivity contribution is 6.10. The van der Waals surface area contributed by atoms with Gasteiger partial charge in [0.15, 0.2) is 5.78 Å². The Balaban J connectivity index is 1.57. The fourth-order valence-corrected chi connectivity index (χ4v) is 3.34. The van der Waals surface area contributed by atoms with Crippen LogP contribution in [0.15, 0.2) is 27.4 Å². The second-order valence-corrected chi connectivity index (χ2v) is 6.25. The summed E-state index contributed by atoms with van der Waals surface area (Å²) in [5.74, 6) is 0.739. The number of nitrogens with one attached hydrogen (secondary N) is 3. The number of fused-ring (bicyclic) bond motifs is 2. The lowest BCUT2D eigenvalue weighted by molar-refractivity contribution is 0.0926. The fraction of sp³-hybridized carbons (Fsp3) is 0.278. The van der Waals surface area contributed by atoms with Crippen LogP contribution in [0, 0.1) is 6.92 Å². The van der Waals surface area contributed by atoms with Crippen LogP contribution in [-0.2, 0) is 13.0 Å². The van der Waals surface area contributed by atoms with E-state index in [-0.39, 0.29) is 23.9 Å². The molecule has 2 heterocycles.